The van der Waals surface area contributed by atoms with Gasteiger partial charge in [0.2, 0.25) is 11.9 Å². The Morgan fingerprint density at radius 2 is 2.17 bits per heavy atom. The van der Waals surface area contributed by atoms with E-state index in [2.05, 4.69) is 58.1 Å². The highest BCUT2D eigenvalue weighted by Gasteiger charge is 2.30. The summed E-state index contributed by atoms with van der Waals surface area (Å²) >= 11 is 2.03. The average molecular weight is 424 g/mol. The molecule has 1 unspecified atom stereocenters. The molecule has 3 heterocycles. The number of anilines is 1. The van der Waals surface area contributed by atoms with Crippen LogP contribution in [0, 0.1) is 5.92 Å². The van der Waals surface area contributed by atoms with Gasteiger partial charge in [0.05, 0.1) is 5.69 Å². The molecule has 1 aliphatic carbocycles. The molecule has 30 heavy (non-hydrogen) atoms. The maximum Gasteiger partial charge on any atom is 0.249 e. The summed E-state index contributed by atoms with van der Waals surface area (Å²) in [5.74, 6) is 3.09. The first kappa shape index (κ1) is 20.9. The summed E-state index contributed by atoms with van der Waals surface area (Å²) in [6, 6.07) is 5.96. The van der Waals surface area contributed by atoms with E-state index in [9.17, 15) is 4.79 Å². The molecule has 1 amide bonds. The fraction of sp³-hybridized carbons (Fsp3) is 0.435. The second kappa shape index (κ2) is 9.62. The van der Waals surface area contributed by atoms with Crippen molar-refractivity contribution in [1.82, 2.24) is 19.5 Å². The molecule has 1 aliphatic heterocycles. The molecule has 2 aromatic heterocycles. The van der Waals surface area contributed by atoms with Crippen LogP contribution in [0.25, 0.3) is 5.65 Å². The SMILES string of the molecule is C=C/C=C(\C=C/C(C)c1cccc2nc(NC(=O)C3CC3)nn12)CN1CCSCC1. The van der Waals surface area contributed by atoms with E-state index in [4.69, 9.17) is 0 Å². The van der Waals surface area contributed by atoms with Gasteiger partial charge < -0.3 is 0 Å². The minimum absolute atomic E-state index is 0.0238. The van der Waals surface area contributed by atoms with Gasteiger partial charge in [-0.3, -0.25) is 15.0 Å². The van der Waals surface area contributed by atoms with Gasteiger partial charge in [-0.1, -0.05) is 43.9 Å². The first-order valence-corrected chi connectivity index (χ1v) is 11.8. The molecule has 1 saturated heterocycles. The lowest BCUT2D eigenvalue weighted by Gasteiger charge is -2.26. The second-order valence-corrected chi connectivity index (χ2v) is 9.16. The zero-order valence-electron chi connectivity index (χ0n) is 17.5. The topological polar surface area (TPSA) is 62.5 Å². The van der Waals surface area contributed by atoms with Crippen LogP contribution in [-0.4, -0.2) is 56.5 Å². The number of rotatable bonds is 8. The van der Waals surface area contributed by atoms with Gasteiger partial charge in [0, 0.05) is 43.0 Å². The van der Waals surface area contributed by atoms with Crippen LogP contribution in [0.3, 0.4) is 0 Å². The molecule has 0 aromatic carbocycles. The number of allylic oxidation sites excluding steroid dienone is 3. The maximum atomic E-state index is 12.0. The molecule has 2 aliphatic rings. The number of carbonyl (C=O) groups is 1. The van der Waals surface area contributed by atoms with Crippen molar-refractivity contribution in [2.24, 2.45) is 5.92 Å². The third-order valence-corrected chi connectivity index (χ3v) is 6.42. The standard InChI is InChI=1S/C23H29N5OS/c1-3-5-18(16-27-12-14-30-15-13-27)9-8-17(2)20-6-4-7-21-24-23(26-28(20)21)25-22(29)19-10-11-19/h3-9,17,19H,1,10-16H2,2H3,(H,25,26,29)/b9-8-,18-5+. The number of pyridine rings is 1. The number of amides is 1. The van der Waals surface area contributed by atoms with Crippen molar-refractivity contribution in [2.75, 3.05) is 36.5 Å². The molecule has 0 spiro atoms. The molecular formula is C23H29N5OS. The second-order valence-electron chi connectivity index (χ2n) is 7.93. The number of nitrogens with one attached hydrogen (secondary N) is 1. The summed E-state index contributed by atoms with van der Waals surface area (Å²) in [7, 11) is 0. The van der Waals surface area contributed by atoms with E-state index in [-0.39, 0.29) is 17.7 Å². The van der Waals surface area contributed by atoms with E-state index in [1.165, 1.54) is 17.1 Å². The summed E-state index contributed by atoms with van der Waals surface area (Å²) in [6.45, 7) is 9.24. The number of fused-ring (bicyclic) bond motifs is 1. The van der Waals surface area contributed by atoms with E-state index < -0.39 is 0 Å². The van der Waals surface area contributed by atoms with Crippen LogP contribution in [-0.2, 0) is 4.79 Å². The summed E-state index contributed by atoms with van der Waals surface area (Å²) in [4.78, 5) is 19.0. The smallest absolute Gasteiger partial charge is 0.249 e. The molecular weight excluding hydrogens is 394 g/mol. The Morgan fingerprint density at radius 1 is 1.37 bits per heavy atom. The number of thioether (sulfide) groups is 1. The number of carbonyl (C=O) groups excluding carboxylic acids is 1. The average Bonchev–Trinajstić information content (AvgIpc) is 3.52. The number of aromatic nitrogens is 3. The summed E-state index contributed by atoms with van der Waals surface area (Å²) in [5, 5.41) is 7.38. The van der Waals surface area contributed by atoms with Gasteiger partial charge in [0.15, 0.2) is 5.65 Å². The fourth-order valence-electron chi connectivity index (χ4n) is 3.58. The van der Waals surface area contributed by atoms with E-state index >= 15 is 0 Å². The highest BCUT2D eigenvalue weighted by atomic mass is 32.2. The van der Waals surface area contributed by atoms with E-state index in [0.717, 1.165) is 43.8 Å². The Bertz CT molecular complexity index is 969. The van der Waals surface area contributed by atoms with E-state index in [1.54, 1.807) is 0 Å². The predicted octanol–water partition coefficient (Wildman–Crippen LogP) is 3.90. The Balaban J connectivity index is 1.48. The number of hydrogen-bond acceptors (Lipinski definition) is 5. The van der Waals surface area contributed by atoms with Crippen molar-refractivity contribution in [3.63, 3.8) is 0 Å². The molecule has 1 N–H and O–H groups in total. The normalized spacial score (nSPS) is 19.3. The third kappa shape index (κ3) is 5.21. The molecule has 2 aromatic rings. The van der Waals surface area contributed by atoms with Crippen molar-refractivity contribution in [1.29, 1.82) is 0 Å². The first-order valence-electron chi connectivity index (χ1n) is 10.6. The zero-order valence-corrected chi connectivity index (χ0v) is 18.3. The van der Waals surface area contributed by atoms with Gasteiger partial charge in [0.1, 0.15) is 0 Å². The molecule has 6 nitrogen and oxygen atoms in total. The Labute approximate surface area is 182 Å². The van der Waals surface area contributed by atoms with Gasteiger partial charge >= 0.3 is 0 Å². The molecule has 158 valence electrons. The van der Waals surface area contributed by atoms with Crippen LogP contribution in [0.4, 0.5) is 5.95 Å². The van der Waals surface area contributed by atoms with Crippen molar-refractivity contribution in [3.05, 3.63) is 60.3 Å². The molecule has 7 heteroatoms. The predicted molar refractivity (Wildman–Crippen MR) is 124 cm³/mol. The Kier molecular flexibility index (Phi) is 6.69. The zero-order chi connectivity index (χ0) is 20.9. The molecule has 1 saturated carbocycles. The lowest BCUT2D eigenvalue weighted by atomic mass is 10.0. The summed E-state index contributed by atoms with van der Waals surface area (Å²) in [5.41, 5.74) is 3.04. The van der Waals surface area contributed by atoms with Gasteiger partial charge in [-0.25, -0.2) is 4.52 Å². The van der Waals surface area contributed by atoms with Crippen LogP contribution >= 0.6 is 11.8 Å². The van der Waals surface area contributed by atoms with Gasteiger partial charge in [-0.05, 0) is 30.5 Å². The van der Waals surface area contributed by atoms with Crippen molar-refractivity contribution in [3.8, 4) is 0 Å². The lowest BCUT2D eigenvalue weighted by molar-refractivity contribution is -0.117. The van der Waals surface area contributed by atoms with Gasteiger partial charge in [-0.2, -0.15) is 16.7 Å². The fourth-order valence-corrected chi connectivity index (χ4v) is 4.56. The Morgan fingerprint density at radius 3 is 2.90 bits per heavy atom. The van der Waals surface area contributed by atoms with E-state index in [0.29, 0.717) is 5.95 Å². The number of hydrogen-bond donors (Lipinski definition) is 1. The quantitative estimate of drug-likeness (QED) is 0.653. The monoisotopic (exact) mass is 423 g/mol. The largest absolute Gasteiger partial charge is 0.297 e. The highest BCUT2D eigenvalue weighted by molar-refractivity contribution is 7.99. The van der Waals surface area contributed by atoms with Crippen LogP contribution in [0.15, 0.2) is 54.7 Å². The first-order chi connectivity index (χ1) is 14.6. The summed E-state index contributed by atoms with van der Waals surface area (Å²) < 4.78 is 1.83. The van der Waals surface area contributed by atoms with Crippen molar-refractivity contribution < 1.29 is 4.79 Å². The molecule has 4 rings (SSSR count). The highest BCUT2D eigenvalue weighted by Crippen LogP contribution is 2.30. The van der Waals surface area contributed by atoms with Crippen LogP contribution in [0.5, 0.6) is 0 Å². The minimum Gasteiger partial charge on any atom is -0.297 e. The Hall–Kier alpha value is -2.38. The van der Waals surface area contributed by atoms with Crippen LogP contribution in [0.1, 0.15) is 31.4 Å². The maximum absolute atomic E-state index is 12.0. The van der Waals surface area contributed by atoms with Crippen LogP contribution in [0.2, 0.25) is 0 Å². The molecule has 2 fully saturated rings. The van der Waals surface area contributed by atoms with Crippen molar-refractivity contribution in [2.45, 2.75) is 25.7 Å². The number of nitrogens with zero attached hydrogens (tertiary/aromatic N) is 4. The molecule has 0 radical (unpaired) electrons. The molecule has 0 bridgehead atoms. The van der Waals surface area contributed by atoms with Gasteiger partial charge in [0.25, 0.3) is 0 Å². The van der Waals surface area contributed by atoms with Crippen LogP contribution < -0.4 is 5.32 Å². The van der Waals surface area contributed by atoms with E-state index in [1.807, 2.05) is 34.5 Å². The minimum atomic E-state index is 0.0238. The van der Waals surface area contributed by atoms with Crippen molar-refractivity contribution >= 4 is 29.3 Å². The molecule has 1 atom stereocenters. The van der Waals surface area contributed by atoms with Gasteiger partial charge in [-0.15, -0.1) is 5.10 Å². The third-order valence-electron chi connectivity index (χ3n) is 5.48. The summed E-state index contributed by atoms with van der Waals surface area (Å²) in [6.07, 6.45) is 10.3. The lowest BCUT2D eigenvalue weighted by Crippen LogP contribution is -2.33.